The third kappa shape index (κ3) is 3.52. The predicted molar refractivity (Wildman–Crippen MR) is 114 cm³/mol. The van der Waals surface area contributed by atoms with Crippen molar-refractivity contribution in [2.45, 2.75) is 12.6 Å². The smallest absolute Gasteiger partial charge is 0.339 e. The van der Waals surface area contributed by atoms with Gasteiger partial charge in [0, 0.05) is 18.7 Å². The first kappa shape index (κ1) is 19.6. The molecule has 0 amide bonds. The highest BCUT2D eigenvalue weighted by atomic mass is 16.5. The van der Waals surface area contributed by atoms with Gasteiger partial charge in [-0.2, -0.15) is 0 Å². The Morgan fingerprint density at radius 1 is 0.867 bits per heavy atom. The number of carbonyl (C=O) groups excluding carboxylic acids is 1. The Kier molecular flexibility index (Phi) is 5.48. The van der Waals surface area contributed by atoms with E-state index in [1.54, 1.807) is 39.5 Å². The molecule has 0 radical (unpaired) electrons. The van der Waals surface area contributed by atoms with Gasteiger partial charge in [0.25, 0.3) is 0 Å². The maximum atomic E-state index is 13.2. The molecule has 1 aliphatic rings. The Hall–Kier alpha value is -3.67. The van der Waals surface area contributed by atoms with Crippen molar-refractivity contribution >= 4 is 11.7 Å². The molecule has 0 N–H and O–H groups in total. The molecule has 0 spiro atoms. The van der Waals surface area contributed by atoms with Crippen LogP contribution in [0.1, 0.15) is 17.2 Å². The van der Waals surface area contributed by atoms with E-state index < -0.39 is 12.0 Å². The molecular formula is C24H23NO5. The van der Waals surface area contributed by atoms with Gasteiger partial charge >= 0.3 is 5.97 Å². The Balaban J connectivity index is 1.90. The topological polar surface area (TPSA) is 57.2 Å². The molecule has 6 nitrogen and oxygen atoms in total. The maximum absolute atomic E-state index is 13.2. The second-order valence-electron chi connectivity index (χ2n) is 6.85. The van der Waals surface area contributed by atoms with Crippen molar-refractivity contribution in [3.05, 3.63) is 77.9 Å². The van der Waals surface area contributed by atoms with Crippen LogP contribution in [0.5, 0.6) is 23.0 Å². The first-order chi connectivity index (χ1) is 14.7. The number of fused-ring (bicyclic) bond motifs is 1. The average molecular weight is 405 g/mol. The minimum atomic E-state index is -0.754. The predicted octanol–water partition coefficient (Wildman–Crippen LogP) is 4.38. The molecular weight excluding hydrogens is 382 g/mol. The third-order valence-corrected chi connectivity index (χ3v) is 5.14. The van der Waals surface area contributed by atoms with Crippen LogP contribution in [0, 0.1) is 0 Å². The Labute approximate surface area is 175 Å². The molecule has 0 fully saturated rings. The number of hydrogen-bond donors (Lipinski definition) is 0. The fourth-order valence-corrected chi connectivity index (χ4v) is 3.74. The van der Waals surface area contributed by atoms with Gasteiger partial charge in [-0.15, -0.1) is 0 Å². The molecule has 3 aromatic rings. The highest BCUT2D eigenvalue weighted by Crippen LogP contribution is 2.47. The first-order valence-electron chi connectivity index (χ1n) is 9.57. The lowest BCUT2D eigenvalue weighted by Gasteiger charge is -2.38. The summed E-state index contributed by atoms with van der Waals surface area (Å²) in [7, 11) is 4.68. The monoisotopic (exact) mass is 405 g/mol. The molecule has 3 aromatic carbocycles. The van der Waals surface area contributed by atoms with Gasteiger partial charge in [0.05, 0.1) is 32.6 Å². The Morgan fingerprint density at radius 3 is 2.13 bits per heavy atom. The van der Waals surface area contributed by atoms with Crippen LogP contribution in [0.3, 0.4) is 0 Å². The maximum Gasteiger partial charge on any atom is 0.339 e. The van der Waals surface area contributed by atoms with Crippen molar-refractivity contribution < 1.29 is 23.7 Å². The molecule has 1 aliphatic heterocycles. The highest BCUT2D eigenvalue weighted by Gasteiger charge is 2.40. The van der Waals surface area contributed by atoms with Crippen LogP contribution in [0.15, 0.2) is 66.7 Å². The van der Waals surface area contributed by atoms with Crippen molar-refractivity contribution in [3.8, 4) is 23.0 Å². The third-order valence-electron chi connectivity index (χ3n) is 5.14. The van der Waals surface area contributed by atoms with Crippen molar-refractivity contribution in [3.63, 3.8) is 0 Å². The van der Waals surface area contributed by atoms with Crippen LogP contribution in [0.4, 0.5) is 5.69 Å². The number of rotatable bonds is 6. The minimum absolute atomic E-state index is 0.397. The van der Waals surface area contributed by atoms with Crippen molar-refractivity contribution in [2.24, 2.45) is 0 Å². The van der Waals surface area contributed by atoms with Crippen molar-refractivity contribution in [1.29, 1.82) is 0 Å². The van der Waals surface area contributed by atoms with Crippen LogP contribution in [0.25, 0.3) is 0 Å². The fraction of sp³-hybridized carbons (Fsp3) is 0.208. The molecule has 0 aromatic heterocycles. The largest absolute Gasteiger partial charge is 0.496 e. The normalized spacial score (nSPS) is 15.2. The summed E-state index contributed by atoms with van der Waals surface area (Å²) in [5.41, 5.74) is 2.49. The zero-order valence-corrected chi connectivity index (χ0v) is 17.1. The summed E-state index contributed by atoms with van der Waals surface area (Å²) in [4.78, 5) is 15.3. The molecule has 0 saturated carbocycles. The Bertz CT molecular complexity index is 1030. The zero-order valence-electron chi connectivity index (χ0n) is 17.1. The average Bonchev–Trinajstić information content (AvgIpc) is 2.79. The summed E-state index contributed by atoms with van der Waals surface area (Å²) in [5.74, 6) is 1.69. The van der Waals surface area contributed by atoms with Crippen LogP contribution in [-0.2, 0) is 11.3 Å². The molecule has 1 atom stereocenters. The number of anilines is 1. The van der Waals surface area contributed by atoms with Crippen molar-refractivity contribution in [1.82, 2.24) is 0 Å². The van der Waals surface area contributed by atoms with E-state index in [9.17, 15) is 4.79 Å². The van der Waals surface area contributed by atoms with Gasteiger partial charge in [-0.1, -0.05) is 42.5 Å². The summed E-state index contributed by atoms with van der Waals surface area (Å²) in [6, 6.07) is 20.2. The van der Waals surface area contributed by atoms with Gasteiger partial charge in [0.1, 0.15) is 17.2 Å². The molecule has 0 saturated heterocycles. The van der Waals surface area contributed by atoms with Crippen LogP contribution in [-0.4, -0.2) is 27.3 Å². The van der Waals surface area contributed by atoms with E-state index in [4.69, 9.17) is 18.9 Å². The molecule has 4 rings (SSSR count). The SMILES string of the molecule is COc1cc(OC)c(C2C(=O)Oc3ccccc3N2Cc2ccccc2)c(OC)c1. The first-order valence-corrected chi connectivity index (χ1v) is 9.57. The number of benzene rings is 3. The number of para-hydroxylation sites is 2. The zero-order chi connectivity index (χ0) is 21.1. The number of methoxy groups -OCH3 is 3. The van der Waals surface area contributed by atoms with Gasteiger partial charge in [-0.05, 0) is 17.7 Å². The summed E-state index contributed by atoms with van der Waals surface area (Å²) in [6.45, 7) is 0.510. The standard InChI is InChI=1S/C24H23NO5/c1-27-17-13-20(28-2)22(21(14-17)29-3)23-24(26)30-19-12-8-7-11-18(19)25(23)15-16-9-5-4-6-10-16/h4-14,23H,15H2,1-3H3. The molecule has 1 heterocycles. The van der Waals surface area contributed by atoms with Gasteiger partial charge in [0.15, 0.2) is 11.8 Å². The number of nitrogens with zero attached hydrogens (tertiary/aromatic N) is 1. The summed E-state index contributed by atoms with van der Waals surface area (Å²) < 4.78 is 22.3. The molecule has 30 heavy (non-hydrogen) atoms. The number of ether oxygens (including phenoxy) is 4. The summed E-state index contributed by atoms with van der Waals surface area (Å²) >= 11 is 0. The van der Waals surface area contributed by atoms with E-state index in [1.165, 1.54) is 0 Å². The van der Waals surface area contributed by atoms with Gasteiger partial charge in [0.2, 0.25) is 0 Å². The minimum Gasteiger partial charge on any atom is -0.496 e. The lowest BCUT2D eigenvalue weighted by Crippen LogP contribution is -2.40. The lowest BCUT2D eigenvalue weighted by atomic mass is 9.98. The molecule has 6 heteroatoms. The Morgan fingerprint density at radius 2 is 1.50 bits per heavy atom. The van der Waals surface area contributed by atoms with E-state index in [-0.39, 0.29) is 0 Å². The quantitative estimate of drug-likeness (QED) is 0.448. The van der Waals surface area contributed by atoms with Gasteiger partial charge in [-0.3, -0.25) is 0 Å². The second kappa shape index (κ2) is 8.37. The summed E-state index contributed by atoms with van der Waals surface area (Å²) in [6.07, 6.45) is 0. The van der Waals surface area contributed by atoms with Gasteiger partial charge in [-0.25, -0.2) is 4.79 Å². The van der Waals surface area contributed by atoms with Crippen molar-refractivity contribution in [2.75, 3.05) is 26.2 Å². The van der Waals surface area contributed by atoms with E-state index >= 15 is 0 Å². The lowest BCUT2D eigenvalue weighted by molar-refractivity contribution is -0.137. The van der Waals surface area contributed by atoms with E-state index in [0.717, 1.165) is 11.3 Å². The van der Waals surface area contributed by atoms with Crippen LogP contribution < -0.4 is 23.8 Å². The van der Waals surface area contributed by atoms with E-state index in [2.05, 4.69) is 0 Å². The summed E-state index contributed by atoms with van der Waals surface area (Å²) in [5, 5.41) is 0. The number of hydrogen-bond acceptors (Lipinski definition) is 6. The molecule has 1 unspecified atom stereocenters. The molecule has 154 valence electrons. The molecule has 0 aliphatic carbocycles. The van der Waals surface area contributed by atoms with Crippen LogP contribution >= 0.6 is 0 Å². The highest BCUT2D eigenvalue weighted by molar-refractivity contribution is 5.90. The molecule has 0 bridgehead atoms. The van der Waals surface area contributed by atoms with E-state index in [1.807, 2.05) is 53.4 Å². The number of esters is 1. The van der Waals surface area contributed by atoms with E-state index in [0.29, 0.717) is 35.1 Å². The second-order valence-corrected chi connectivity index (χ2v) is 6.85. The number of carbonyl (C=O) groups is 1. The fourth-order valence-electron chi connectivity index (χ4n) is 3.74. The van der Waals surface area contributed by atoms with Gasteiger partial charge < -0.3 is 23.8 Å². The van der Waals surface area contributed by atoms with Crippen LogP contribution in [0.2, 0.25) is 0 Å².